The van der Waals surface area contributed by atoms with Crippen LogP contribution in [-0.2, 0) is 4.74 Å². The summed E-state index contributed by atoms with van der Waals surface area (Å²) in [6, 6.07) is 10.4. The number of hydrogen-bond donors (Lipinski definition) is 3. The van der Waals surface area contributed by atoms with Gasteiger partial charge in [0.05, 0.1) is 28.8 Å². The fourth-order valence-corrected chi connectivity index (χ4v) is 4.84. The highest BCUT2D eigenvalue weighted by Crippen LogP contribution is 2.45. The third-order valence-electron chi connectivity index (χ3n) is 6.86. The van der Waals surface area contributed by atoms with E-state index in [0.717, 1.165) is 62.1 Å². The van der Waals surface area contributed by atoms with Gasteiger partial charge in [-0.2, -0.15) is 5.26 Å². The van der Waals surface area contributed by atoms with Crippen molar-refractivity contribution in [3.05, 3.63) is 41.3 Å². The molecule has 0 amide bonds. The van der Waals surface area contributed by atoms with Crippen molar-refractivity contribution >= 4 is 23.1 Å². The minimum Gasteiger partial charge on any atom is -0.383 e. The number of benzene rings is 1. The zero-order chi connectivity index (χ0) is 24.1. The van der Waals surface area contributed by atoms with Crippen molar-refractivity contribution < 1.29 is 9.13 Å². The quantitative estimate of drug-likeness (QED) is 0.406. The number of nitrogens with one attached hydrogen (secondary N) is 3. The summed E-state index contributed by atoms with van der Waals surface area (Å²) in [6.07, 6.45) is 7.67. The summed E-state index contributed by atoms with van der Waals surface area (Å²) in [5.41, 5.74) is 1.63. The lowest BCUT2D eigenvalue weighted by Crippen LogP contribution is -2.42. The van der Waals surface area contributed by atoms with Gasteiger partial charge in [0.25, 0.3) is 0 Å². The van der Waals surface area contributed by atoms with Gasteiger partial charge in [-0.15, -0.1) is 0 Å². The van der Waals surface area contributed by atoms with Crippen molar-refractivity contribution in [2.45, 2.75) is 63.6 Å². The van der Waals surface area contributed by atoms with Crippen molar-refractivity contribution in [1.82, 2.24) is 10.3 Å². The lowest BCUT2D eigenvalue weighted by molar-refractivity contribution is 0.161. The van der Waals surface area contributed by atoms with Crippen LogP contribution in [0.25, 0.3) is 11.1 Å². The minimum atomic E-state index is -0.357. The first-order valence-corrected chi connectivity index (χ1v) is 12.4. The fraction of sp³-hybridized carbons (Fsp3) is 0.538. The number of methoxy groups -OCH3 is 1. The largest absolute Gasteiger partial charge is 0.383 e. The molecule has 0 radical (unpaired) electrons. The van der Waals surface area contributed by atoms with Gasteiger partial charge in [-0.1, -0.05) is 17.7 Å². The molecule has 2 aliphatic rings. The Morgan fingerprint density at radius 1 is 1.24 bits per heavy atom. The number of rotatable bonds is 10. The van der Waals surface area contributed by atoms with E-state index >= 15 is 0 Å². The van der Waals surface area contributed by atoms with E-state index in [2.05, 4.69) is 33.9 Å². The van der Waals surface area contributed by atoms with Crippen LogP contribution in [0.15, 0.2) is 30.5 Å². The third-order valence-corrected chi connectivity index (χ3v) is 7.16. The fourth-order valence-electron chi connectivity index (χ4n) is 4.62. The van der Waals surface area contributed by atoms with E-state index in [1.807, 2.05) is 6.07 Å². The summed E-state index contributed by atoms with van der Waals surface area (Å²) in [7, 11) is 1.73. The van der Waals surface area contributed by atoms with E-state index in [0.29, 0.717) is 35.4 Å². The van der Waals surface area contributed by atoms with E-state index in [1.54, 1.807) is 25.4 Å². The van der Waals surface area contributed by atoms with E-state index < -0.39 is 0 Å². The summed E-state index contributed by atoms with van der Waals surface area (Å²) in [5, 5.41) is 20.1. The van der Waals surface area contributed by atoms with Crippen molar-refractivity contribution in [1.29, 1.82) is 5.26 Å². The molecule has 0 saturated heterocycles. The average molecular weight is 486 g/mol. The van der Waals surface area contributed by atoms with E-state index in [4.69, 9.17) is 16.3 Å². The molecular formula is C26H33ClFN5O. The zero-order valence-corrected chi connectivity index (χ0v) is 20.6. The lowest BCUT2D eigenvalue weighted by Gasteiger charge is -2.32. The minimum absolute atomic E-state index is 0.341. The Morgan fingerprint density at radius 2 is 1.97 bits per heavy atom. The van der Waals surface area contributed by atoms with Crippen molar-refractivity contribution in [2.24, 2.45) is 5.41 Å². The van der Waals surface area contributed by atoms with Crippen LogP contribution < -0.4 is 16.0 Å². The highest BCUT2D eigenvalue weighted by atomic mass is 35.5. The molecule has 1 aromatic carbocycles. The summed E-state index contributed by atoms with van der Waals surface area (Å²) in [5.74, 6) is 0.426. The average Bonchev–Trinajstić information content (AvgIpc) is 3.62. The number of pyridine rings is 1. The van der Waals surface area contributed by atoms with Crippen LogP contribution in [0.1, 0.15) is 45.4 Å². The van der Waals surface area contributed by atoms with E-state index in [-0.39, 0.29) is 11.2 Å². The van der Waals surface area contributed by atoms with E-state index in [9.17, 15) is 9.65 Å². The van der Waals surface area contributed by atoms with Crippen LogP contribution in [0.2, 0.25) is 5.02 Å². The molecule has 182 valence electrons. The van der Waals surface area contributed by atoms with Crippen molar-refractivity contribution in [3.63, 3.8) is 0 Å². The van der Waals surface area contributed by atoms with E-state index in [1.165, 1.54) is 6.07 Å². The SMILES string of the molecule is COC[C@@H](C)N[C@H]1CC[C@H](Nc2cc(-c3ccc(F)c(NCC4(C#N)CC4)c3)c(Cl)cn2)CC1. The Kier molecular flexibility index (Phi) is 7.92. The first kappa shape index (κ1) is 24.7. The second-order valence-electron chi connectivity index (χ2n) is 9.71. The summed E-state index contributed by atoms with van der Waals surface area (Å²) >= 11 is 6.47. The topological polar surface area (TPSA) is 82.0 Å². The molecule has 8 heteroatoms. The zero-order valence-electron chi connectivity index (χ0n) is 19.8. The summed E-state index contributed by atoms with van der Waals surface area (Å²) in [6.45, 7) is 3.31. The monoisotopic (exact) mass is 485 g/mol. The molecule has 1 heterocycles. The molecule has 0 aliphatic heterocycles. The van der Waals surface area contributed by atoms with Gasteiger partial charge >= 0.3 is 0 Å². The van der Waals surface area contributed by atoms with Crippen LogP contribution in [0.3, 0.4) is 0 Å². The molecule has 0 bridgehead atoms. The van der Waals surface area contributed by atoms with Gasteiger partial charge in [0.15, 0.2) is 0 Å². The molecule has 2 aromatic rings. The van der Waals surface area contributed by atoms with Gasteiger partial charge in [-0.25, -0.2) is 9.37 Å². The molecule has 2 fully saturated rings. The highest BCUT2D eigenvalue weighted by molar-refractivity contribution is 6.33. The van der Waals surface area contributed by atoms with Gasteiger partial charge < -0.3 is 20.7 Å². The number of aromatic nitrogens is 1. The summed E-state index contributed by atoms with van der Waals surface area (Å²) < 4.78 is 19.6. The van der Waals surface area contributed by atoms with Gasteiger partial charge in [0, 0.05) is 43.5 Å². The molecule has 2 saturated carbocycles. The standard InChI is InChI=1S/C26H33ClFN5O/c1-17(14-34-2)32-19-4-6-20(7-5-19)33-25-12-21(22(27)13-30-25)18-3-8-23(28)24(11-18)31-16-26(15-29)9-10-26/h3,8,11-13,17,19-20,31-32H,4-7,9-10,14,16H2,1-2H3,(H,30,33)/t17-,19-,20-/m1/s1. The second kappa shape index (κ2) is 10.9. The van der Waals surface area contributed by atoms with Crippen LogP contribution in [0.5, 0.6) is 0 Å². The first-order chi connectivity index (χ1) is 16.4. The molecule has 0 unspecified atom stereocenters. The molecule has 2 aliphatic carbocycles. The van der Waals surface area contributed by atoms with Crippen molar-refractivity contribution in [3.8, 4) is 17.2 Å². The van der Waals surface area contributed by atoms with Crippen LogP contribution in [-0.4, -0.2) is 43.4 Å². The van der Waals surface area contributed by atoms with Gasteiger partial charge in [-0.05, 0) is 69.2 Å². The third kappa shape index (κ3) is 6.18. The molecule has 34 heavy (non-hydrogen) atoms. The van der Waals surface area contributed by atoms with Crippen LogP contribution in [0, 0.1) is 22.6 Å². The predicted octanol–water partition coefficient (Wildman–Crippen LogP) is 5.60. The number of nitrogens with zero attached hydrogens (tertiary/aromatic N) is 2. The van der Waals surface area contributed by atoms with Gasteiger partial charge in [0.1, 0.15) is 11.6 Å². The van der Waals surface area contributed by atoms with Crippen LogP contribution >= 0.6 is 11.6 Å². The number of hydrogen-bond acceptors (Lipinski definition) is 6. The maximum absolute atomic E-state index is 14.4. The maximum Gasteiger partial charge on any atom is 0.146 e. The Hall–Kier alpha value is -2.40. The molecule has 6 nitrogen and oxygen atoms in total. The van der Waals surface area contributed by atoms with Crippen molar-refractivity contribution in [2.75, 3.05) is 30.9 Å². The molecular weight excluding hydrogens is 453 g/mol. The predicted molar refractivity (Wildman–Crippen MR) is 135 cm³/mol. The van der Waals surface area contributed by atoms with Gasteiger partial charge in [-0.3, -0.25) is 0 Å². The smallest absolute Gasteiger partial charge is 0.146 e. The number of halogens is 2. The summed E-state index contributed by atoms with van der Waals surface area (Å²) in [4.78, 5) is 4.48. The Labute approximate surface area is 206 Å². The molecule has 4 rings (SSSR count). The Balaban J connectivity index is 1.40. The van der Waals surface area contributed by atoms with Crippen LogP contribution in [0.4, 0.5) is 15.9 Å². The Morgan fingerprint density at radius 3 is 2.65 bits per heavy atom. The normalized spacial score (nSPS) is 22.0. The maximum atomic E-state index is 14.4. The number of ether oxygens (including phenoxy) is 1. The Bertz CT molecular complexity index is 1030. The molecule has 1 atom stereocenters. The number of anilines is 2. The first-order valence-electron chi connectivity index (χ1n) is 12.0. The van der Waals surface area contributed by atoms with Gasteiger partial charge in [0.2, 0.25) is 0 Å². The lowest BCUT2D eigenvalue weighted by atomic mass is 9.90. The molecule has 3 N–H and O–H groups in total. The molecule has 0 spiro atoms. The highest BCUT2D eigenvalue weighted by Gasteiger charge is 2.43. The number of nitriles is 1. The molecule has 1 aromatic heterocycles. The second-order valence-corrected chi connectivity index (χ2v) is 10.1.